The van der Waals surface area contributed by atoms with Gasteiger partial charge in [0.15, 0.2) is 0 Å². The highest BCUT2D eigenvalue weighted by Crippen LogP contribution is 2.19. The third kappa shape index (κ3) is 4.05. The minimum absolute atomic E-state index is 0.537. The Hall–Kier alpha value is -0.420. The topological polar surface area (TPSA) is 35.5 Å². The molecule has 0 spiro atoms. The van der Waals surface area contributed by atoms with Crippen LogP contribution in [-0.4, -0.2) is 41.8 Å². The second-order valence-corrected chi connectivity index (χ2v) is 6.63. The normalized spacial score (nSPS) is 24.3. The van der Waals surface area contributed by atoms with Gasteiger partial charge in [-0.1, -0.05) is 13.8 Å². The monoisotopic (exact) mass is 268 g/mol. The molecule has 0 bridgehead atoms. The lowest BCUT2D eigenvalue weighted by Gasteiger charge is -2.31. The molecule has 0 saturated carbocycles. The zero-order valence-corrected chi connectivity index (χ0v) is 12.2. The molecule has 18 heavy (non-hydrogen) atoms. The zero-order valence-electron chi connectivity index (χ0n) is 11.4. The van der Waals surface area contributed by atoms with Crippen molar-refractivity contribution in [2.24, 2.45) is 5.92 Å². The van der Waals surface area contributed by atoms with E-state index in [1.807, 2.05) is 0 Å². The second kappa shape index (κ2) is 6.15. The first-order chi connectivity index (χ1) is 8.57. The van der Waals surface area contributed by atoms with Crippen molar-refractivity contribution in [2.45, 2.75) is 32.4 Å². The van der Waals surface area contributed by atoms with Crippen molar-refractivity contribution in [1.82, 2.24) is 10.2 Å². The smallest absolute Gasteiger partial charge is 0.0909 e. The van der Waals surface area contributed by atoms with Crippen LogP contribution >= 0.6 is 11.3 Å². The van der Waals surface area contributed by atoms with E-state index in [1.54, 1.807) is 11.3 Å². The summed E-state index contributed by atoms with van der Waals surface area (Å²) in [5, 5.41) is 18.1. The quantitative estimate of drug-likeness (QED) is 0.827. The van der Waals surface area contributed by atoms with Crippen molar-refractivity contribution in [3.63, 3.8) is 0 Å². The van der Waals surface area contributed by atoms with E-state index in [4.69, 9.17) is 0 Å². The Bertz CT molecular complexity index is 345. The van der Waals surface area contributed by atoms with E-state index in [0.717, 1.165) is 39.1 Å². The van der Waals surface area contributed by atoms with Gasteiger partial charge in [-0.15, -0.1) is 0 Å². The van der Waals surface area contributed by atoms with Crippen LogP contribution < -0.4 is 5.32 Å². The molecule has 1 saturated heterocycles. The summed E-state index contributed by atoms with van der Waals surface area (Å²) in [5.74, 6) is 0.626. The second-order valence-electron chi connectivity index (χ2n) is 5.85. The Morgan fingerprint density at radius 3 is 2.94 bits per heavy atom. The van der Waals surface area contributed by atoms with Crippen LogP contribution in [0.1, 0.15) is 25.8 Å². The molecule has 3 nitrogen and oxygen atoms in total. The number of thiophene rings is 1. The Morgan fingerprint density at radius 2 is 2.39 bits per heavy atom. The minimum atomic E-state index is -0.537. The van der Waals surface area contributed by atoms with Gasteiger partial charge in [-0.2, -0.15) is 11.3 Å². The molecule has 2 heterocycles. The molecule has 1 atom stereocenters. The van der Waals surface area contributed by atoms with Gasteiger partial charge in [0.1, 0.15) is 0 Å². The van der Waals surface area contributed by atoms with Gasteiger partial charge in [-0.3, -0.25) is 4.90 Å². The fraction of sp³-hybridized carbons (Fsp3) is 0.714. The summed E-state index contributed by atoms with van der Waals surface area (Å²) in [4.78, 5) is 2.39. The number of β-amino-alcohol motifs (C(OH)–C–C–N with tert-alkyl or cyclic N) is 1. The molecule has 0 aromatic carbocycles. The van der Waals surface area contributed by atoms with E-state index in [1.165, 1.54) is 5.56 Å². The lowest BCUT2D eigenvalue weighted by atomic mass is 10.0. The molecule has 2 rings (SSSR count). The maximum absolute atomic E-state index is 10.5. The molecule has 0 unspecified atom stereocenters. The largest absolute Gasteiger partial charge is 0.387 e. The number of rotatable bonds is 6. The summed E-state index contributed by atoms with van der Waals surface area (Å²) in [6.45, 7) is 8.89. The van der Waals surface area contributed by atoms with Crippen LogP contribution in [0.4, 0.5) is 0 Å². The summed E-state index contributed by atoms with van der Waals surface area (Å²) < 4.78 is 0. The van der Waals surface area contributed by atoms with Crippen LogP contribution in [0.25, 0.3) is 0 Å². The minimum Gasteiger partial charge on any atom is -0.387 e. The van der Waals surface area contributed by atoms with Crippen molar-refractivity contribution in [2.75, 3.05) is 26.2 Å². The van der Waals surface area contributed by atoms with E-state index in [9.17, 15) is 5.11 Å². The molecule has 102 valence electrons. The molecule has 2 N–H and O–H groups in total. The molecule has 4 heteroatoms. The van der Waals surface area contributed by atoms with Crippen molar-refractivity contribution in [1.29, 1.82) is 0 Å². The van der Waals surface area contributed by atoms with Crippen molar-refractivity contribution in [3.05, 3.63) is 22.4 Å². The molecule has 1 fully saturated rings. The maximum atomic E-state index is 10.5. The van der Waals surface area contributed by atoms with E-state index in [-0.39, 0.29) is 0 Å². The fourth-order valence-electron chi connectivity index (χ4n) is 2.62. The van der Waals surface area contributed by atoms with Gasteiger partial charge in [-0.25, -0.2) is 0 Å². The number of hydrogen-bond donors (Lipinski definition) is 2. The molecule has 0 amide bonds. The van der Waals surface area contributed by atoms with Gasteiger partial charge < -0.3 is 10.4 Å². The first-order valence-corrected chi connectivity index (χ1v) is 7.68. The molecule has 0 aliphatic carbocycles. The Labute approximate surface area is 114 Å². The van der Waals surface area contributed by atoms with Crippen molar-refractivity contribution in [3.8, 4) is 0 Å². The molecule has 1 aliphatic heterocycles. The summed E-state index contributed by atoms with van der Waals surface area (Å²) in [6.07, 6.45) is 0.866. The standard InChI is InChI=1S/C14H24N2OS/c1-12(2)7-16(8-13-3-6-18-9-13)11-14(17)4-5-15-10-14/h3,6,9,12,15,17H,4-5,7-8,10-11H2,1-2H3/t14-/m0/s1. The first-order valence-electron chi connectivity index (χ1n) is 6.74. The first kappa shape index (κ1) is 14.0. The number of nitrogens with zero attached hydrogens (tertiary/aromatic N) is 1. The van der Waals surface area contributed by atoms with Crippen LogP contribution in [0.5, 0.6) is 0 Å². The van der Waals surface area contributed by atoms with Crippen LogP contribution in [0.3, 0.4) is 0 Å². The molecule has 1 aliphatic rings. The number of hydrogen-bond acceptors (Lipinski definition) is 4. The fourth-order valence-corrected chi connectivity index (χ4v) is 3.28. The zero-order chi connectivity index (χ0) is 13.0. The average molecular weight is 268 g/mol. The molecule has 1 aromatic rings. The van der Waals surface area contributed by atoms with E-state index in [2.05, 4.69) is 40.9 Å². The lowest BCUT2D eigenvalue weighted by Crippen LogP contribution is -2.45. The predicted octanol–water partition coefficient (Wildman–Crippen LogP) is 1.93. The SMILES string of the molecule is CC(C)CN(Cc1ccsc1)C[C@]1(O)CCNC1. The van der Waals surface area contributed by atoms with Gasteiger partial charge in [0.2, 0.25) is 0 Å². The summed E-state index contributed by atoms with van der Waals surface area (Å²) in [5.41, 5.74) is 0.820. The van der Waals surface area contributed by atoms with Crippen LogP contribution in [0.15, 0.2) is 16.8 Å². The van der Waals surface area contributed by atoms with Crippen LogP contribution in [-0.2, 0) is 6.54 Å². The average Bonchev–Trinajstić information content (AvgIpc) is 2.89. The van der Waals surface area contributed by atoms with Crippen molar-refractivity contribution >= 4 is 11.3 Å². The van der Waals surface area contributed by atoms with Gasteiger partial charge in [0.25, 0.3) is 0 Å². The van der Waals surface area contributed by atoms with Gasteiger partial charge in [-0.05, 0) is 41.3 Å². The van der Waals surface area contributed by atoms with Crippen molar-refractivity contribution < 1.29 is 5.11 Å². The Balaban J connectivity index is 1.96. The number of nitrogens with one attached hydrogen (secondary N) is 1. The highest BCUT2D eigenvalue weighted by Gasteiger charge is 2.33. The summed E-state index contributed by atoms with van der Waals surface area (Å²) >= 11 is 1.74. The van der Waals surface area contributed by atoms with Gasteiger partial charge >= 0.3 is 0 Å². The predicted molar refractivity (Wildman–Crippen MR) is 76.9 cm³/mol. The summed E-state index contributed by atoms with van der Waals surface area (Å²) in [7, 11) is 0. The molecule has 0 radical (unpaired) electrons. The highest BCUT2D eigenvalue weighted by molar-refractivity contribution is 7.07. The van der Waals surface area contributed by atoms with Crippen LogP contribution in [0.2, 0.25) is 0 Å². The third-order valence-corrected chi connectivity index (χ3v) is 4.08. The van der Waals surface area contributed by atoms with E-state index >= 15 is 0 Å². The highest BCUT2D eigenvalue weighted by atomic mass is 32.1. The molecular weight excluding hydrogens is 244 g/mol. The summed E-state index contributed by atoms with van der Waals surface area (Å²) in [6, 6.07) is 2.18. The Morgan fingerprint density at radius 1 is 1.56 bits per heavy atom. The van der Waals surface area contributed by atoms with E-state index < -0.39 is 5.60 Å². The van der Waals surface area contributed by atoms with Gasteiger partial charge in [0.05, 0.1) is 5.60 Å². The molecule has 1 aromatic heterocycles. The molecular formula is C14H24N2OS. The Kier molecular flexibility index (Phi) is 4.78. The van der Waals surface area contributed by atoms with E-state index in [0.29, 0.717) is 5.92 Å². The third-order valence-electron chi connectivity index (χ3n) is 3.35. The van der Waals surface area contributed by atoms with Gasteiger partial charge in [0, 0.05) is 26.2 Å². The maximum Gasteiger partial charge on any atom is 0.0909 e. The lowest BCUT2D eigenvalue weighted by molar-refractivity contribution is 0.0150. The van der Waals surface area contributed by atoms with Crippen LogP contribution in [0, 0.1) is 5.92 Å². The number of aliphatic hydroxyl groups is 1.